The van der Waals surface area contributed by atoms with E-state index in [4.69, 9.17) is 4.74 Å². The largest absolute Gasteiger partial charge is 0.444 e. The van der Waals surface area contributed by atoms with Crippen molar-refractivity contribution in [2.45, 2.75) is 45.8 Å². The Morgan fingerprint density at radius 2 is 1.95 bits per heavy atom. The summed E-state index contributed by atoms with van der Waals surface area (Å²) in [4.78, 5) is 11.7. The summed E-state index contributed by atoms with van der Waals surface area (Å²) in [6, 6.07) is 4.26. The van der Waals surface area contributed by atoms with Gasteiger partial charge in [0.1, 0.15) is 11.7 Å². The van der Waals surface area contributed by atoms with Crippen molar-refractivity contribution in [1.29, 1.82) is 0 Å². The molecule has 6 heteroatoms. The number of alkyl halides is 2. The number of nitrogens with one attached hydrogen (secondary N) is 1. The van der Waals surface area contributed by atoms with Crippen molar-refractivity contribution in [3.05, 3.63) is 29.3 Å². The Kier molecular flexibility index (Phi) is 5.05. The highest BCUT2D eigenvalue weighted by Crippen LogP contribution is 2.25. The molecule has 1 amide bonds. The maximum atomic E-state index is 12.5. The Balaban J connectivity index is 2.90. The van der Waals surface area contributed by atoms with Crippen LogP contribution in [-0.4, -0.2) is 23.2 Å². The van der Waals surface area contributed by atoms with Crippen molar-refractivity contribution < 1.29 is 23.4 Å². The smallest absolute Gasteiger partial charge is 0.412 e. The maximum absolute atomic E-state index is 12.5. The number of rotatable bonds is 3. The zero-order chi connectivity index (χ0) is 15.5. The van der Waals surface area contributed by atoms with Crippen LogP contribution in [0.1, 0.15) is 38.0 Å². The van der Waals surface area contributed by atoms with Gasteiger partial charge in [-0.25, -0.2) is 13.6 Å². The van der Waals surface area contributed by atoms with Crippen LogP contribution in [0.15, 0.2) is 18.2 Å². The van der Waals surface area contributed by atoms with E-state index in [0.717, 1.165) is 0 Å². The molecule has 1 aromatic rings. The second kappa shape index (κ2) is 6.17. The molecule has 112 valence electrons. The molecule has 0 aliphatic heterocycles. The van der Waals surface area contributed by atoms with E-state index in [1.807, 2.05) is 0 Å². The lowest BCUT2D eigenvalue weighted by molar-refractivity contribution is -0.00575. The summed E-state index contributed by atoms with van der Waals surface area (Å²) in [5.74, 6) is 0. The summed E-state index contributed by atoms with van der Waals surface area (Å²) < 4.78 is 30.0. The molecule has 2 N–H and O–H groups in total. The summed E-state index contributed by atoms with van der Waals surface area (Å²) in [6.07, 6.45) is -5.44. The molecule has 0 bridgehead atoms. The second-order valence-electron chi connectivity index (χ2n) is 5.48. The fraction of sp³-hybridized carbons (Fsp3) is 0.500. The number of hydrogen-bond donors (Lipinski definition) is 2. The lowest BCUT2D eigenvalue weighted by Gasteiger charge is -2.20. The summed E-state index contributed by atoms with van der Waals surface area (Å²) >= 11 is 0. The molecule has 0 aliphatic carbocycles. The minimum Gasteiger partial charge on any atom is -0.444 e. The van der Waals surface area contributed by atoms with E-state index in [1.165, 1.54) is 12.1 Å². The minimum atomic E-state index is -2.88. The van der Waals surface area contributed by atoms with Crippen molar-refractivity contribution >= 4 is 11.8 Å². The lowest BCUT2D eigenvalue weighted by atomic mass is 10.1. The van der Waals surface area contributed by atoms with E-state index in [2.05, 4.69) is 5.32 Å². The molecule has 20 heavy (non-hydrogen) atoms. The number of ether oxygens (including phenoxy) is 1. The standard InChI is InChI=1S/C14H19F2NO3/c1-8-5-6-9(11(18)12(15)16)7-10(8)17-13(19)20-14(2,3)4/h5-7,11-12,18H,1-4H3,(H,17,19). The molecular weight excluding hydrogens is 268 g/mol. The zero-order valence-corrected chi connectivity index (χ0v) is 11.9. The van der Waals surface area contributed by atoms with Crippen LogP contribution in [0.3, 0.4) is 0 Å². The first kappa shape index (κ1) is 16.4. The highest BCUT2D eigenvalue weighted by molar-refractivity contribution is 5.86. The van der Waals surface area contributed by atoms with Gasteiger partial charge in [-0.3, -0.25) is 5.32 Å². The monoisotopic (exact) mass is 287 g/mol. The number of aliphatic hydroxyl groups excluding tert-OH is 1. The molecule has 1 atom stereocenters. The molecule has 0 aliphatic rings. The number of aryl methyl sites for hydroxylation is 1. The van der Waals surface area contributed by atoms with Crippen molar-refractivity contribution in [2.75, 3.05) is 5.32 Å². The molecule has 1 unspecified atom stereocenters. The second-order valence-corrected chi connectivity index (χ2v) is 5.48. The first-order valence-electron chi connectivity index (χ1n) is 6.17. The van der Waals surface area contributed by atoms with Gasteiger partial charge in [0.05, 0.1) is 0 Å². The van der Waals surface area contributed by atoms with Crippen LogP contribution in [0.5, 0.6) is 0 Å². The normalized spacial score (nSPS) is 13.2. The van der Waals surface area contributed by atoms with Crippen LogP contribution in [0.4, 0.5) is 19.3 Å². The van der Waals surface area contributed by atoms with Crippen LogP contribution >= 0.6 is 0 Å². The van der Waals surface area contributed by atoms with Gasteiger partial charge >= 0.3 is 6.09 Å². The average Bonchev–Trinajstić information content (AvgIpc) is 2.28. The number of halogens is 2. The Morgan fingerprint density at radius 1 is 1.35 bits per heavy atom. The number of anilines is 1. The Morgan fingerprint density at radius 3 is 2.45 bits per heavy atom. The van der Waals surface area contributed by atoms with E-state index in [9.17, 15) is 18.7 Å². The SMILES string of the molecule is Cc1ccc(C(O)C(F)F)cc1NC(=O)OC(C)(C)C. The van der Waals surface area contributed by atoms with Gasteiger partial charge in [0.25, 0.3) is 6.43 Å². The third-order valence-electron chi connectivity index (χ3n) is 2.48. The Labute approximate surface area is 116 Å². The van der Waals surface area contributed by atoms with Gasteiger partial charge in [0.15, 0.2) is 0 Å². The van der Waals surface area contributed by atoms with Crippen molar-refractivity contribution in [2.24, 2.45) is 0 Å². The van der Waals surface area contributed by atoms with E-state index in [-0.39, 0.29) is 5.56 Å². The number of carbonyl (C=O) groups is 1. The highest BCUT2D eigenvalue weighted by atomic mass is 19.3. The van der Waals surface area contributed by atoms with Crippen molar-refractivity contribution in [1.82, 2.24) is 0 Å². The number of carbonyl (C=O) groups excluding carboxylic acids is 1. The lowest BCUT2D eigenvalue weighted by Crippen LogP contribution is -2.27. The molecule has 0 saturated heterocycles. The number of aliphatic hydroxyl groups is 1. The molecule has 0 spiro atoms. The molecule has 0 radical (unpaired) electrons. The first-order chi connectivity index (χ1) is 9.10. The van der Waals surface area contributed by atoms with Crippen molar-refractivity contribution in [3.8, 4) is 0 Å². The van der Waals surface area contributed by atoms with Crippen molar-refractivity contribution in [3.63, 3.8) is 0 Å². The van der Waals surface area contributed by atoms with Gasteiger partial charge in [-0.1, -0.05) is 12.1 Å². The van der Waals surface area contributed by atoms with Gasteiger partial charge in [0.2, 0.25) is 0 Å². The number of hydrogen-bond acceptors (Lipinski definition) is 3. The topological polar surface area (TPSA) is 58.6 Å². The molecule has 0 aromatic heterocycles. The summed E-state index contributed by atoms with van der Waals surface area (Å²) in [7, 11) is 0. The third-order valence-corrected chi connectivity index (χ3v) is 2.48. The number of amides is 1. The Bertz CT molecular complexity index is 484. The van der Waals surface area contributed by atoms with Gasteiger partial charge in [0, 0.05) is 5.69 Å². The quantitative estimate of drug-likeness (QED) is 0.892. The fourth-order valence-electron chi connectivity index (χ4n) is 1.52. The first-order valence-corrected chi connectivity index (χ1v) is 6.17. The van der Waals surface area contributed by atoms with Crippen LogP contribution in [0.2, 0.25) is 0 Å². The Hall–Kier alpha value is -1.69. The van der Waals surface area contributed by atoms with E-state index < -0.39 is 24.2 Å². The van der Waals surface area contributed by atoms with Gasteiger partial charge in [-0.05, 0) is 44.9 Å². The highest BCUT2D eigenvalue weighted by Gasteiger charge is 2.21. The molecule has 0 saturated carbocycles. The molecule has 0 fully saturated rings. The summed E-state index contributed by atoms with van der Waals surface area (Å²) in [5, 5.41) is 11.8. The molecule has 1 rings (SSSR count). The minimum absolute atomic E-state index is 0.0386. The fourth-order valence-corrected chi connectivity index (χ4v) is 1.52. The number of benzene rings is 1. The third kappa shape index (κ3) is 4.77. The van der Waals surface area contributed by atoms with Gasteiger partial charge in [-0.2, -0.15) is 0 Å². The zero-order valence-electron chi connectivity index (χ0n) is 11.9. The molecule has 0 heterocycles. The molecule has 4 nitrogen and oxygen atoms in total. The van der Waals surface area contributed by atoms with Crippen LogP contribution in [0.25, 0.3) is 0 Å². The average molecular weight is 287 g/mol. The van der Waals surface area contributed by atoms with E-state index >= 15 is 0 Å². The van der Waals surface area contributed by atoms with E-state index in [0.29, 0.717) is 11.3 Å². The van der Waals surface area contributed by atoms with Crippen LogP contribution in [-0.2, 0) is 4.74 Å². The van der Waals surface area contributed by atoms with E-state index in [1.54, 1.807) is 33.8 Å². The molecule has 1 aromatic carbocycles. The maximum Gasteiger partial charge on any atom is 0.412 e. The summed E-state index contributed by atoms with van der Waals surface area (Å²) in [5.41, 5.74) is 0.395. The predicted molar refractivity (Wildman–Crippen MR) is 72.0 cm³/mol. The van der Waals surface area contributed by atoms with Gasteiger partial charge in [-0.15, -0.1) is 0 Å². The van der Waals surface area contributed by atoms with Crippen LogP contribution in [0, 0.1) is 6.92 Å². The van der Waals surface area contributed by atoms with Gasteiger partial charge < -0.3 is 9.84 Å². The summed E-state index contributed by atoms with van der Waals surface area (Å²) in [6.45, 7) is 6.87. The van der Waals surface area contributed by atoms with Crippen LogP contribution < -0.4 is 5.32 Å². The molecular formula is C14H19F2NO3. The predicted octanol–water partition coefficient (Wildman–Crippen LogP) is 3.64.